The topological polar surface area (TPSA) is 74.0 Å². The summed E-state index contributed by atoms with van der Waals surface area (Å²) in [4.78, 5) is 27.8. The molecular weight excluding hydrogens is 302 g/mol. The Morgan fingerprint density at radius 2 is 1.75 bits per heavy atom. The number of fused-ring (bicyclic) bond motifs is 2. The number of aromatic amines is 1. The summed E-state index contributed by atoms with van der Waals surface area (Å²) in [6.07, 6.45) is -0.554. The van der Waals surface area contributed by atoms with Crippen molar-refractivity contribution in [3.05, 3.63) is 75.1 Å². The van der Waals surface area contributed by atoms with E-state index in [0.717, 1.165) is 27.7 Å². The maximum absolute atomic E-state index is 12.5. The van der Waals surface area contributed by atoms with Crippen LogP contribution in [0.1, 0.15) is 33.2 Å². The van der Waals surface area contributed by atoms with Gasteiger partial charge in [-0.25, -0.2) is 0 Å². The fourth-order valence-electron chi connectivity index (χ4n) is 3.28. The molecular formula is C19H17N3O2. The van der Waals surface area contributed by atoms with Gasteiger partial charge in [-0.1, -0.05) is 23.8 Å². The van der Waals surface area contributed by atoms with Crippen molar-refractivity contribution in [3.63, 3.8) is 0 Å². The Morgan fingerprint density at radius 1 is 0.958 bits per heavy atom. The van der Waals surface area contributed by atoms with Crippen LogP contribution >= 0.6 is 0 Å². The van der Waals surface area contributed by atoms with Gasteiger partial charge in [0.25, 0.3) is 11.5 Å². The molecule has 0 saturated heterocycles. The van der Waals surface area contributed by atoms with Crippen LogP contribution in [0, 0.1) is 13.8 Å². The quantitative estimate of drug-likeness (QED) is 0.645. The highest BCUT2D eigenvalue weighted by atomic mass is 16.2. The number of benzene rings is 2. The monoisotopic (exact) mass is 319 g/mol. The first-order valence-electron chi connectivity index (χ1n) is 7.83. The molecule has 5 heteroatoms. The van der Waals surface area contributed by atoms with Gasteiger partial charge < -0.3 is 15.6 Å². The number of aromatic nitrogens is 1. The largest absolute Gasteiger partial charge is 0.361 e. The maximum atomic E-state index is 12.5. The number of pyridine rings is 1. The van der Waals surface area contributed by atoms with Crippen LogP contribution in [0.4, 0.5) is 5.69 Å². The lowest BCUT2D eigenvalue weighted by molar-refractivity contribution is 0.0935. The van der Waals surface area contributed by atoms with Crippen LogP contribution in [0.5, 0.6) is 0 Å². The molecule has 0 aliphatic carbocycles. The number of amides is 1. The number of hydrogen-bond donors (Lipinski definition) is 3. The second-order valence-corrected chi connectivity index (χ2v) is 6.20. The van der Waals surface area contributed by atoms with Crippen LogP contribution in [0.2, 0.25) is 0 Å². The molecule has 2 heterocycles. The first kappa shape index (κ1) is 14.5. The number of rotatable bonds is 1. The van der Waals surface area contributed by atoms with Gasteiger partial charge in [-0.3, -0.25) is 9.59 Å². The second-order valence-electron chi connectivity index (χ2n) is 6.20. The van der Waals surface area contributed by atoms with Gasteiger partial charge in [0.1, 0.15) is 6.17 Å². The summed E-state index contributed by atoms with van der Waals surface area (Å²) >= 11 is 0. The van der Waals surface area contributed by atoms with E-state index in [0.29, 0.717) is 11.1 Å². The van der Waals surface area contributed by atoms with Gasteiger partial charge in [0.2, 0.25) is 0 Å². The fourth-order valence-corrected chi connectivity index (χ4v) is 3.28. The van der Waals surface area contributed by atoms with E-state index in [-0.39, 0.29) is 11.5 Å². The van der Waals surface area contributed by atoms with E-state index in [2.05, 4.69) is 15.6 Å². The first-order chi connectivity index (χ1) is 11.5. The van der Waals surface area contributed by atoms with E-state index >= 15 is 0 Å². The highest BCUT2D eigenvalue weighted by molar-refractivity contribution is 6.01. The Bertz CT molecular complexity index is 1040. The van der Waals surface area contributed by atoms with Crippen molar-refractivity contribution >= 4 is 22.5 Å². The minimum atomic E-state index is -0.554. The number of aryl methyl sites for hydroxylation is 2. The van der Waals surface area contributed by atoms with E-state index in [9.17, 15) is 9.59 Å². The lowest BCUT2D eigenvalue weighted by Gasteiger charge is -2.27. The summed E-state index contributed by atoms with van der Waals surface area (Å²) in [6, 6.07) is 13.2. The molecule has 2 aromatic carbocycles. The van der Waals surface area contributed by atoms with Gasteiger partial charge in [0.05, 0.1) is 16.6 Å². The third-order valence-corrected chi connectivity index (χ3v) is 4.38. The van der Waals surface area contributed by atoms with E-state index in [1.807, 2.05) is 50.2 Å². The average molecular weight is 319 g/mol. The van der Waals surface area contributed by atoms with Crippen molar-refractivity contribution in [1.29, 1.82) is 0 Å². The Hall–Kier alpha value is -3.08. The van der Waals surface area contributed by atoms with Crippen LogP contribution in [-0.2, 0) is 0 Å². The average Bonchev–Trinajstić information content (AvgIpc) is 2.55. The van der Waals surface area contributed by atoms with Crippen molar-refractivity contribution in [2.24, 2.45) is 0 Å². The molecule has 1 aromatic heterocycles. The molecule has 1 amide bonds. The molecule has 24 heavy (non-hydrogen) atoms. The first-order valence-corrected chi connectivity index (χ1v) is 7.83. The van der Waals surface area contributed by atoms with Crippen molar-refractivity contribution in [2.45, 2.75) is 20.0 Å². The molecule has 5 nitrogen and oxygen atoms in total. The summed E-state index contributed by atoms with van der Waals surface area (Å²) in [5.74, 6) is -0.186. The minimum Gasteiger partial charge on any atom is -0.361 e. The van der Waals surface area contributed by atoms with Gasteiger partial charge in [0, 0.05) is 5.69 Å². The molecule has 0 spiro atoms. The van der Waals surface area contributed by atoms with Crippen LogP contribution in [-0.4, -0.2) is 10.9 Å². The van der Waals surface area contributed by atoms with Gasteiger partial charge in [0.15, 0.2) is 0 Å². The summed E-state index contributed by atoms with van der Waals surface area (Å²) in [6.45, 7) is 4.00. The van der Waals surface area contributed by atoms with Crippen molar-refractivity contribution in [3.8, 4) is 0 Å². The summed E-state index contributed by atoms with van der Waals surface area (Å²) in [5, 5.41) is 7.04. The number of hydrogen-bond acceptors (Lipinski definition) is 3. The normalized spacial score (nSPS) is 16.4. The molecule has 1 atom stereocenters. The SMILES string of the molecule is Cc1cc(C)c2[nH]c(=O)c(C3NC(=O)c4ccccc4N3)cc2c1. The Kier molecular flexibility index (Phi) is 3.16. The van der Waals surface area contributed by atoms with Crippen molar-refractivity contribution in [1.82, 2.24) is 10.3 Å². The van der Waals surface area contributed by atoms with Crippen LogP contribution in [0.25, 0.3) is 10.9 Å². The molecule has 0 radical (unpaired) electrons. The fraction of sp³-hybridized carbons (Fsp3) is 0.158. The zero-order chi connectivity index (χ0) is 16.8. The smallest absolute Gasteiger partial charge is 0.255 e. The molecule has 0 bridgehead atoms. The standard InChI is InChI=1S/C19H17N3O2/c1-10-7-11(2)16-12(8-10)9-14(19(24)21-16)17-20-15-6-4-3-5-13(15)18(23)22-17/h3-9,17,20H,1-2H3,(H,21,24)(H,22,23). The van der Waals surface area contributed by atoms with Crippen molar-refractivity contribution < 1.29 is 4.79 Å². The number of carbonyl (C=O) groups is 1. The van der Waals surface area contributed by atoms with E-state index in [1.54, 1.807) is 6.07 Å². The predicted molar refractivity (Wildman–Crippen MR) is 94.3 cm³/mol. The summed E-state index contributed by atoms with van der Waals surface area (Å²) in [7, 11) is 0. The third kappa shape index (κ3) is 2.25. The summed E-state index contributed by atoms with van der Waals surface area (Å²) < 4.78 is 0. The summed E-state index contributed by atoms with van der Waals surface area (Å²) in [5.41, 5.74) is 4.59. The number of nitrogens with one attached hydrogen (secondary N) is 3. The van der Waals surface area contributed by atoms with E-state index in [1.165, 1.54) is 0 Å². The second kappa shape index (κ2) is 5.23. The third-order valence-electron chi connectivity index (χ3n) is 4.38. The Labute approximate surface area is 138 Å². The molecule has 120 valence electrons. The van der Waals surface area contributed by atoms with E-state index in [4.69, 9.17) is 0 Å². The van der Waals surface area contributed by atoms with Gasteiger partial charge in [-0.05, 0) is 49.1 Å². The zero-order valence-electron chi connectivity index (χ0n) is 13.4. The zero-order valence-corrected chi connectivity index (χ0v) is 13.4. The molecule has 3 N–H and O–H groups in total. The minimum absolute atomic E-state index is 0.186. The van der Waals surface area contributed by atoms with Crippen LogP contribution in [0.3, 0.4) is 0 Å². The Morgan fingerprint density at radius 3 is 2.58 bits per heavy atom. The molecule has 0 saturated carbocycles. The highest BCUT2D eigenvalue weighted by Gasteiger charge is 2.26. The number of anilines is 1. The van der Waals surface area contributed by atoms with E-state index < -0.39 is 6.17 Å². The van der Waals surface area contributed by atoms with Gasteiger partial charge in [-0.15, -0.1) is 0 Å². The number of para-hydroxylation sites is 1. The van der Waals surface area contributed by atoms with Crippen LogP contribution < -0.4 is 16.2 Å². The lowest BCUT2D eigenvalue weighted by atomic mass is 10.0. The van der Waals surface area contributed by atoms with Gasteiger partial charge in [-0.2, -0.15) is 0 Å². The molecule has 3 aromatic rings. The molecule has 0 fully saturated rings. The van der Waals surface area contributed by atoms with Crippen LogP contribution in [0.15, 0.2) is 47.3 Å². The maximum Gasteiger partial charge on any atom is 0.255 e. The van der Waals surface area contributed by atoms with Gasteiger partial charge >= 0.3 is 0 Å². The highest BCUT2D eigenvalue weighted by Crippen LogP contribution is 2.26. The Balaban J connectivity index is 1.84. The number of H-pyrrole nitrogens is 1. The molecule has 1 aliphatic rings. The molecule has 4 rings (SSSR count). The number of carbonyl (C=O) groups excluding carboxylic acids is 1. The lowest BCUT2D eigenvalue weighted by Crippen LogP contribution is -2.40. The predicted octanol–water partition coefficient (Wildman–Crippen LogP) is 3.00. The van der Waals surface area contributed by atoms with Crippen molar-refractivity contribution in [2.75, 3.05) is 5.32 Å². The molecule has 1 aliphatic heterocycles. The molecule has 1 unspecified atom stereocenters.